The molecule has 0 spiro atoms. The van der Waals surface area contributed by atoms with Crippen molar-refractivity contribution >= 4 is 17.4 Å². The zero-order valence-electron chi connectivity index (χ0n) is 16.7. The number of nitrogens with one attached hydrogen (secondary N) is 1. The lowest BCUT2D eigenvalue weighted by Crippen LogP contribution is -2.20. The summed E-state index contributed by atoms with van der Waals surface area (Å²) in [5.74, 6) is 1.06. The van der Waals surface area contributed by atoms with E-state index >= 15 is 0 Å². The molecule has 0 atom stereocenters. The molecule has 1 N–H and O–H groups in total. The Kier molecular flexibility index (Phi) is 5.84. The minimum Gasteiger partial charge on any atom is -0.484 e. The lowest BCUT2D eigenvalue weighted by molar-refractivity contribution is -0.118. The third-order valence-electron chi connectivity index (χ3n) is 4.49. The number of hydrogen-bond donors (Lipinski definition) is 1. The Morgan fingerprint density at radius 2 is 1.45 bits per heavy atom. The van der Waals surface area contributed by atoms with Gasteiger partial charge in [-0.1, -0.05) is 18.2 Å². The number of benzene rings is 3. The standard InChI is InChI=1S/C24H19N3O4/c1-16(28)17-7-11-20(12-8-17)25-22(29)15-30-21-13-9-19(10-14-21)24-27-26-23(31-24)18-5-3-2-4-6-18/h2-14H,15H2,1H3,(H,25,29). The normalized spacial score (nSPS) is 10.5. The van der Waals surface area contributed by atoms with E-state index in [4.69, 9.17) is 9.15 Å². The Labute approximate surface area is 178 Å². The largest absolute Gasteiger partial charge is 0.484 e. The number of carbonyl (C=O) groups is 2. The first-order valence-electron chi connectivity index (χ1n) is 9.61. The molecule has 0 bridgehead atoms. The van der Waals surface area contributed by atoms with Crippen LogP contribution in [0.1, 0.15) is 17.3 Å². The molecule has 154 valence electrons. The van der Waals surface area contributed by atoms with Crippen LogP contribution in [0.5, 0.6) is 5.75 Å². The molecular formula is C24H19N3O4. The summed E-state index contributed by atoms with van der Waals surface area (Å²) in [6.07, 6.45) is 0. The third-order valence-corrected chi connectivity index (χ3v) is 4.49. The molecule has 4 aromatic rings. The summed E-state index contributed by atoms with van der Waals surface area (Å²) in [5.41, 5.74) is 2.78. The highest BCUT2D eigenvalue weighted by Gasteiger charge is 2.11. The smallest absolute Gasteiger partial charge is 0.262 e. The van der Waals surface area contributed by atoms with Crippen molar-refractivity contribution in [2.45, 2.75) is 6.92 Å². The van der Waals surface area contributed by atoms with Gasteiger partial charge in [-0.25, -0.2) is 0 Å². The van der Waals surface area contributed by atoms with E-state index in [0.717, 1.165) is 11.1 Å². The molecule has 0 aliphatic carbocycles. The molecule has 0 unspecified atom stereocenters. The molecule has 0 saturated carbocycles. The van der Waals surface area contributed by atoms with Crippen LogP contribution in [-0.2, 0) is 4.79 Å². The lowest BCUT2D eigenvalue weighted by atomic mass is 10.1. The molecule has 0 aliphatic rings. The van der Waals surface area contributed by atoms with Crippen LogP contribution in [0.4, 0.5) is 5.69 Å². The summed E-state index contributed by atoms with van der Waals surface area (Å²) in [5, 5.41) is 10.9. The van der Waals surface area contributed by atoms with Gasteiger partial charge in [-0.2, -0.15) is 0 Å². The first kappa shape index (κ1) is 20.0. The number of ketones is 1. The van der Waals surface area contributed by atoms with Crippen LogP contribution in [-0.4, -0.2) is 28.5 Å². The van der Waals surface area contributed by atoms with Gasteiger partial charge in [0.05, 0.1) is 0 Å². The zero-order valence-corrected chi connectivity index (χ0v) is 16.7. The second-order valence-corrected chi connectivity index (χ2v) is 6.77. The van der Waals surface area contributed by atoms with Gasteiger partial charge in [0, 0.05) is 22.4 Å². The molecule has 31 heavy (non-hydrogen) atoms. The van der Waals surface area contributed by atoms with E-state index in [1.807, 2.05) is 30.3 Å². The van der Waals surface area contributed by atoms with Crippen LogP contribution in [0, 0.1) is 0 Å². The number of ether oxygens (including phenoxy) is 1. The first-order valence-corrected chi connectivity index (χ1v) is 9.61. The average Bonchev–Trinajstić information content (AvgIpc) is 3.29. The van der Waals surface area contributed by atoms with E-state index in [2.05, 4.69) is 15.5 Å². The Bertz CT molecular complexity index is 1180. The number of anilines is 1. The summed E-state index contributed by atoms with van der Waals surface area (Å²) < 4.78 is 11.3. The van der Waals surface area contributed by atoms with Crippen molar-refractivity contribution in [3.05, 3.63) is 84.4 Å². The van der Waals surface area contributed by atoms with Gasteiger partial charge in [0.25, 0.3) is 5.91 Å². The van der Waals surface area contributed by atoms with E-state index in [1.165, 1.54) is 6.92 Å². The molecule has 3 aromatic carbocycles. The summed E-state index contributed by atoms with van der Waals surface area (Å²) in [4.78, 5) is 23.4. The minimum atomic E-state index is -0.302. The molecule has 0 saturated heterocycles. The van der Waals surface area contributed by atoms with Crippen molar-refractivity contribution in [3.8, 4) is 28.7 Å². The molecule has 4 rings (SSSR count). The lowest BCUT2D eigenvalue weighted by Gasteiger charge is -2.08. The second-order valence-electron chi connectivity index (χ2n) is 6.77. The van der Waals surface area contributed by atoms with Crippen molar-refractivity contribution in [3.63, 3.8) is 0 Å². The average molecular weight is 413 g/mol. The van der Waals surface area contributed by atoms with E-state index in [9.17, 15) is 9.59 Å². The molecule has 0 aliphatic heterocycles. The van der Waals surface area contributed by atoms with E-state index in [0.29, 0.717) is 28.8 Å². The second kappa shape index (κ2) is 9.04. The Balaban J connectivity index is 1.33. The topological polar surface area (TPSA) is 94.3 Å². The quantitative estimate of drug-likeness (QED) is 0.444. The molecule has 1 amide bonds. The monoisotopic (exact) mass is 413 g/mol. The number of rotatable bonds is 7. The van der Waals surface area contributed by atoms with E-state index in [-0.39, 0.29) is 18.3 Å². The summed E-state index contributed by atoms with van der Waals surface area (Å²) in [6.45, 7) is 1.35. The molecule has 7 nitrogen and oxygen atoms in total. The van der Waals surface area contributed by atoms with Gasteiger partial charge in [-0.05, 0) is 67.6 Å². The predicted molar refractivity (Wildman–Crippen MR) is 116 cm³/mol. The van der Waals surface area contributed by atoms with E-state index in [1.54, 1.807) is 48.5 Å². The third kappa shape index (κ3) is 5.02. The van der Waals surface area contributed by atoms with Crippen LogP contribution in [0.15, 0.2) is 83.3 Å². The number of nitrogens with zero attached hydrogens (tertiary/aromatic N) is 2. The van der Waals surface area contributed by atoms with Gasteiger partial charge in [-0.3, -0.25) is 9.59 Å². The van der Waals surface area contributed by atoms with Crippen molar-refractivity contribution < 1.29 is 18.7 Å². The minimum absolute atomic E-state index is 0.0264. The number of Topliss-reactive ketones (excluding diaryl/α,β-unsaturated/α-hetero) is 1. The van der Waals surface area contributed by atoms with Crippen LogP contribution >= 0.6 is 0 Å². The Morgan fingerprint density at radius 1 is 0.839 bits per heavy atom. The maximum Gasteiger partial charge on any atom is 0.262 e. The van der Waals surface area contributed by atoms with Crippen LogP contribution in [0.2, 0.25) is 0 Å². The predicted octanol–water partition coefficient (Wildman–Crippen LogP) is 4.62. The highest BCUT2D eigenvalue weighted by atomic mass is 16.5. The fourth-order valence-corrected chi connectivity index (χ4v) is 2.87. The van der Waals surface area contributed by atoms with Gasteiger partial charge in [0.2, 0.25) is 11.8 Å². The summed E-state index contributed by atoms with van der Waals surface area (Å²) >= 11 is 0. The molecule has 1 heterocycles. The molecule has 7 heteroatoms. The van der Waals surface area contributed by atoms with Crippen molar-refractivity contribution in [1.82, 2.24) is 10.2 Å². The van der Waals surface area contributed by atoms with Crippen LogP contribution in [0.3, 0.4) is 0 Å². The molecule has 1 aromatic heterocycles. The van der Waals surface area contributed by atoms with Crippen molar-refractivity contribution in [1.29, 1.82) is 0 Å². The first-order chi connectivity index (χ1) is 15.1. The van der Waals surface area contributed by atoms with Gasteiger partial charge in [0.1, 0.15) is 5.75 Å². The summed E-state index contributed by atoms with van der Waals surface area (Å²) in [7, 11) is 0. The van der Waals surface area contributed by atoms with Gasteiger partial charge in [-0.15, -0.1) is 10.2 Å². The molecule has 0 radical (unpaired) electrons. The van der Waals surface area contributed by atoms with Crippen molar-refractivity contribution in [2.24, 2.45) is 0 Å². The van der Waals surface area contributed by atoms with Gasteiger partial charge in [0.15, 0.2) is 12.4 Å². The molecular weight excluding hydrogens is 394 g/mol. The fraction of sp³-hybridized carbons (Fsp3) is 0.0833. The summed E-state index contributed by atoms with van der Waals surface area (Å²) in [6, 6.07) is 23.3. The maximum atomic E-state index is 12.1. The zero-order chi connectivity index (χ0) is 21.6. The number of amides is 1. The highest BCUT2D eigenvalue weighted by Crippen LogP contribution is 2.25. The fourth-order valence-electron chi connectivity index (χ4n) is 2.87. The maximum absolute atomic E-state index is 12.1. The number of carbonyl (C=O) groups excluding carboxylic acids is 2. The Hall–Kier alpha value is -4.26. The van der Waals surface area contributed by atoms with Crippen LogP contribution in [0.25, 0.3) is 22.9 Å². The van der Waals surface area contributed by atoms with E-state index < -0.39 is 0 Å². The van der Waals surface area contributed by atoms with Gasteiger partial charge >= 0.3 is 0 Å². The number of aromatic nitrogens is 2. The van der Waals surface area contributed by atoms with Crippen molar-refractivity contribution in [2.75, 3.05) is 11.9 Å². The SMILES string of the molecule is CC(=O)c1ccc(NC(=O)COc2ccc(-c3nnc(-c4ccccc4)o3)cc2)cc1. The number of hydrogen-bond acceptors (Lipinski definition) is 6. The Morgan fingerprint density at radius 3 is 2.06 bits per heavy atom. The van der Waals surface area contributed by atoms with Gasteiger partial charge < -0.3 is 14.5 Å². The van der Waals surface area contributed by atoms with Crippen LogP contribution < -0.4 is 10.1 Å². The highest BCUT2D eigenvalue weighted by molar-refractivity contribution is 5.95. The molecule has 0 fully saturated rings.